The van der Waals surface area contributed by atoms with E-state index in [0.717, 1.165) is 4.90 Å². The maximum absolute atomic E-state index is 12.2. The van der Waals surface area contributed by atoms with E-state index >= 15 is 0 Å². The van der Waals surface area contributed by atoms with Crippen LogP contribution in [0.1, 0.15) is 28.4 Å². The minimum Gasteiger partial charge on any atom is -0.493 e. The van der Waals surface area contributed by atoms with Gasteiger partial charge in [0.05, 0.1) is 17.7 Å². The summed E-state index contributed by atoms with van der Waals surface area (Å²) in [6.45, 7) is 2.05. The molecule has 0 saturated carbocycles. The molecule has 1 saturated heterocycles. The van der Waals surface area contributed by atoms with Gasteiger partial charge >= 0.3 is 12.0 Å². The number of carboxylic acids is 1. The number of carbonyl (C=O) groups is 3. The van der Waals surface area contributed by atoms with Crippen molar-refractivity contribution in [2.45, 2.75) is 13.5 Å². The SMILES string of the molecule is CCN1C(=O)N/C(=C\c2cc(Cl)c(OCc3cccc(C(=O)O)c3)c(OC)c2)C1=O. The van der Waals surface area contributed by atoms with E-state index in [1.807, 2.05) is 0 Å². The van der Waals surface area contributed by atoms with Gasteiger partial charge in [-0.25, -0.2) is 9.59 Å². The van der Waals surface area contributed by atoms with Crippen molar-refractivity contribution in [3.63, 3.8) is 0 Å². The fourth-order valence-corrected chi connectivity index (χ4v) is 3.21. The van der Waals surface area contributed by atoms with Gasteiger partial charge in [0.15, 0.2) is 11.5 Å². The molecule has 0 radical (unpaired) electrons. The van der Waals surface area contributed by atoms with Gasteiger partial charge in [-0.15, -0.1) is 0 Å². The lowest BCUT2D eigenvalue weighted by molar-refractivity contribution is -0.122. The van der Waals surface area contributed by atoms with Gasteiger partial charge in [-0.3, -0.25) is 9.69 Å². The third-order valence-electron chi connectivity index (χ3n) is 4.40. The molecule has 2 aromatic rings. The van der Waals surface area contributed by atoms with Gasteiger partial charge in [0.1, 0.15) is 12.3 Å². The molecule has 0 spiro atoms. The van der Waals surface area contributed by atoms with Crippen molar-refractivity contribution >= 4 is 35.6 Å². The van der Waals surface area contributed by atoms with Crippen molar-refractivity contribution in [2.24, 2.45) is 0 Å². The number of hydrogen-bond acceptors (Lipinski definition) is 5. The van der Waals surface area contributed by atoms with Gasteiger partial charge in [0.25, 0.3) is 5.91 Å². The third kappa shape index (κ3) is 4.38. The van der Waals surface area contributed by atoms with Crippen LogP contribution in [0.5, 0.6) is 11.5 Å². The van der Waals surface area contributed by atoms with Crippen LogP contribution in [0.4, 0.5) is 4.79 Å². The number of imide groups is 1. The van der Waals surface area contributed by atoms with Gasteiger partial charge in [0.2, 0.25) is 0 Å². The summed E-state index contributed by atoms with van der Waals surface area (Å²) in [6.07, 6.45) is 1.50. The zero-order valence-corrected chi connectivity index (χ0v) is 17.0. The van der Waals surface area contributed by atoms with Crippen LogP contribution < -0.4 is 14.8 Å². The van der Waals surface area contributed by atoms with Crippen LogP contribution in [0.2, 0.25) is 5.02 Å². The average molecular weight is 431 g/mol. The highest BCUT2D eigenvalue weighted by Gasteiger charge is 2.32. The number of likely N-dealkylation sites (N-methyl/N-ethyl adjacent to an activating group) is 1. The summed E-state index contributed by atoms with van der Waals surface area (Å²) in [5.74, 6) is -0.844. The molecule has 2 aromatic carbocycles. The van der Waals surface area contributed by atoms with Crippen molar-refractivity contribution in [1.29, 1.82) is 0 Å². The van der Waals surface area contributed by atoms with Crippen molar-refractivity contribution in [3.05, 3.63) is 63.8 Å². The zero-order chi connectivity index (χ0) is 21.8. The molecule has 1 aliphatic heterocycles. The summed E-state index contributed by atoms with van der Waals surface area (Å²) in [7, 11) is 1.45. The highest BCUT2D eigenvalue weighted by molar-refractivity contribution is 6.32. The van der Waals surface area contributed by atoms with Crippen LogP contribution in [-0.2, 0) is 11.4 Å². The Balaban J connectivity index is 1.84. The van der Waals surface area contributed by atoms with E-state index in [9.17, 15) is 14.4 Å². The number of benzene rings is 2. The molecule has 1 aliphatic rings. The molecule has 3 rings (SSSR count). The zero-order valence-electron chi connectivity index (χ0n) is 16.3. The van der Waals surface area contributed by atoms with E-state index in [2.05, 4.69) is 5.32 Å². The first-order valence-corrected chi connectivity index (χ1v) is 9.39. The van der Waals surface area contributed by atoms with Crippen LogP contribution in [0, 0.1) is 0 Å². The van der Waals surface area contributed by atoms with Gasteiger partial charge in [-0.2, -0.15) is 0 Å². The normalized spacial score (nSPS) is 14.8. The Bertz CT molecular complexity index is 1050. The highest BCUT2D eigenvalue weighted by atomic mass is 35.5. The number of carboxylic acid groups (broad SMARTS) is 1. The van der Waals surface area contributed by atoms with E-state index in [4.69, 9.17) is 26.2 Å². The fraction of sp³-hybridized carbons (Fsp3) is 0.190. The van der Waals surface area contributed by atoms with Crippen molar-refractivity contribution in [2.75, 3.05) is 13.7 Å². The van der Waals surface area contributed by atoms with E-state index in [1.165, 1.54) is 25.3 Å². The molecule has 156 valence electrons. The van der Waals surface area contributed by atoms with E-state index in [-0.39, 0.29) is 35.2 Å². The molecule has 30 heavy (non-hydrogen) atoms. The lowest BCUT2D eigenvalue weighted by atomic mass is 10.1. The number of halogens is 1. The molecule has 0 unspecified atom stereocenters. The Morgan fingerprint density at radius 3 is 2.67 bits per heavy atom. The number of nitrogens with zero attached hydrogens (tertiary/aromatic N) is 1. The third-order valence-corrected chi connectivity index (χ3v) is 4.68. The Morgan fingerprint density at radius 2 is 2.03 bits per heavy atom. The van der Waals surface area contributed by atoms with Gasteiger partial charge in [-0.05, 0) is 48.4 Å². The largest absolute Gasteiger partial charge is 0.493 e. The molecule has 9 heteroatoms. The number of methoxy groups -OCH3 is 1. The fourth-order valence-electron chi connectivity index (χ4n) is 2.94. The van der Waals surface area contributed by atoms with Crippen molar-refractivity contribution in [3.8, 4) is 11.5 Å². The number of carbonyl (C=O) groups excluding carboxylic acids is 2. The minimum absolute atomic E-state index is 0.0810. The first kappa shape index (κ1) is 21.2. The van der Waals surface area contributed by atoms with Crippen LogP contribution >= 0.6 is 11.6 Å². The van der Waals surface area contributed by atoms with Gasteiger partial charge in [0, 0.05) is 6.54 Å². The maximum atomic E-state index is 12.2. The molecule has 3 amide bonds. The quantitative estimate of drug-likeness (QED) is 0.514. The maximum Gasteiger partial charge on any atom is 0.335 e. The van der Waals surface area contributed by atoms with Gasteiger partial charge < -0.3 is 19.9 Å². The molecular weight excluding hydrogens is 412 g/mol. The Kier molecular flexibility index (Phi) is 6.27. The van der Waals surface area contributed by atoms with E-state index in [1.54, 1.807) is 31.2 Å². The summed E-state index contributed by atoms with van der Waals surface area (Å²) < 4.78 is 11.1. The van der Waals surface area contributed by atoms with Crippen LogP contribution in [0.3, 0.4) is 0 Å². The molecule has 2 N–H and O–H groups in total. The number of aromatic carboxylic acids is 1. The second-order valence-corrected chi connectivity index (χ2v) is 6.77. The molecule has 1 fully saturated rings. The van der Waals surface area contributed by atoms with Crippen LogP contribution in [0.15, 0.2) is 42.1 Å². The van der Waals surface area contributed by atoms with Crippen molar-refractivity contribution < 1.29 is 29.0 Å². The standard InChI is InChI=1S/C21H19ClN2O6/c1-3-24-19(25)16(23-21(24)28)9-13-8-15(22)18(17(10-13)29-2)30-11-12-5-4-6-14(7-12)20(26)27/h4-10H,3,11H2,1-2H3,(H,23,28)(H,26,27)/b16-9-. The second kappa shape index (κ2) is 8.87. The van der Waals surface area contributed by atoms with E-state index < -0.39 is 17.9 Å². The minimum atomic E-state index is -1.03. The number of ether oxygens (including phenoxy) is 2. The molecule has 0 aromatic heterocycles. The summed E-state index contributed by atoms with van der Waals surface area (Å²) >= 11 is 6.36. The Hall–Kier alpha value is -3.52. The van der Waals surface area contributed by atoms with Crippen LogP contribution in [0.25, 0.3) is 6.08 Å². The lowest BCUT2D eigenvalue weighted by Crippen LogP contribution is -2.30. The molecule has 0 bridgehead atoms. The number of amides is 3. The van der Waals surface area contributed by atoms with Crippen molar-refractivity contribution in [1.82, 2.24) is 10.2 Å². The predicted molar refractivity (Wildman–Crippen MR) is 110 cm³/mol. The Morgan fingerprint density at radius 1 is 1.27 bits per heavy atom. The summed E-state index contributed by atoms with van der Waals surface area (Å²) in [5.41, 5.74) is 1.48. The summed E-state index contributed by atoms with van der Waals surface area (Å²) in [5, 5.41) is 11.9. The highest BCUT2D eigenvalue weighted by Crippen LogP contribution is 2.37. The number of hydrogen-bond donors (Lipinski definition) is 2. The molecule has 1 heterocycles. The molecule has 0 atom stereocenters. The molecule has 0 aliphatic carbocycles. The first-order chi connectivity index (χ1) is 14.3. The topological polar surface area (TPSA) is 105 Å². The molecular formula is C21H19ClN2O6. The monoisotopic (exact) mass is 430 g/mol. The van der Waals surface area contributed by atoms with E-state index in [0.29, 0.717) is 16.9 Å². The Labute approximate surface area is 177 Å². The van der Waals surface area contributed by atoms with Gasteiger partial charge in [-0.1, -0.05) is 23.7 Å². The lowest BCUT2D eigenvalue weighted by Gasteiger charge is -2.14. The molecule has 8 nitrogen and oxygen atoms in total. The summed E-state index contributed by atoms with van der Waals surface area (Å²) in [4.78, 5) is 36.2. The number of urea groups is 1. The summed E-state index contributed by atoms with van der Waals surface area (Å²) in [6, 6.07) is 9.09. The predicted octanol–water partition coefficient (Wildman–Crippen LogP) is 3.54. The number of rotatable bonds is 7. The number of nitrogens with one attached hydrogen (secondary N) is 1. The average Bonchev–Trinajstić information content (AvgIpc) is 2.99. The van der Waals surface area contributed by atoms with Crippen LogP contribution in [-0.4, -0.2) is 41.6 Å². The second-order valence-electron chi connectivity index (χ2n) is 6.37. The smallest absolute Gasteiger partial charge is 0.335 e. The first-order valence-electron chi connectivity index (χ1n) is 9.01.